The highest BCUT2D eigenvalue weighted by Gasteiger charge is 2.26. The van der Waals surface area contributed by atoms with Crippen LogP contribution in [0.15, 0.2) is 23.3 Å². The quantitative estimate of drug-likeness (QED) is 0.875. The first kappa shape index (κ1) is 10.7. The number of carbonyl (C=O) groups is 1. The van der Waals surface area contributed by atoms with Crippen LogP contribution in [-0.4, -0.2) is 16.2 Å². The maximum atomic E-state index is 11.3. The summed E-state index contributed by atoms with van der Waals surface area (Å²) < 4.78 is 5.35. The van der Waals surface area contributed by atoms with Gasteiger partial charge in [0.1, 0.15) is 12.4 Å². The predicted molar refractivity (Wildman–Crippen MR) is 67.5 cm³/mol. The van der Waals surface area contributed by atoms with Crippen LogP contribution in [0.5, 0.6) is 5.75 Å². The molecule has 0 radical (unpaired) electrons. The number of hydrazone groups is 1. The molecule has 2 aliphatic rings. The van der Waals surface area contributed by atoms with Crippen molar-refractivity contribution in [1.29, 1.82) is 0 Å². The average molecular weight is 248 g/mol. The zero-order valence-electron chi connectivity index (χ0n) is 9.40. The number of hydrogen-bond donors (Lipinski definition) is 1. The molecule has 0 saturated heterocycles. The van der Waals surface area contributed by atoms with Crippen LogP contribution < -0.4 is 10.2 Å². The number of thioether (sulfide) groups is 1. The summed E-state index contributed by atoms with van der Waals surface area (Å²) in [6.45, 7) is 2.76. The lowest BCUT2D eigenvalue weighted by molar-refractivity contribution is 0.243. The summed E-state index contributed by atoms with van der Waals surface area (Å²) in [5, 5.41) is 4.21. The first-order chi connectivity index (χ1) is 8.28. The highest BCUT2D eigenvalue weighted by atomic mass is 32.2. The van der Waals surface area contributed by atoms with E-state index < -0.39 is 0 Å². The number of fused-ring (bicyclic) bond motifs is 1. The Morgan fingerprint density at radius 2 is 2.47 bits per heavy atom. The first-order valence-corrected chi connectivity index (χ1v) is 6.46. The minimum Gasteiger partial charge on any atom is -0.488 e. The molecule has 0 aromatic heterocycles. The van der Waals surface area contributed by atoms with Crippen LogP contribution in [0.3, 0.4) is 0 Å². The van der Waals surface area contributed by atoms with Gasteiger partial charge in [-0.25, -0.2) is 5.43 Å². The van der Waals surface area contributed by atoms with Crippen molar-refractivity contribution < 1.29 is 9.53 Å². The van der Waals surface area contributed by atoms with Gasteiger partial charge in [0.25, 0.3) is 5.24 Å². The number of nitrogens with zero attached hydrogens (tertiary/aromatic N) is 1. The third-order valence-corrected chi connectivity index (χ3v) is 4.09. The second-order valence-electron chi connectivity index (χ2n) is 4.02. The Morgan fingerprint density at radius 3 is 3.12 bits per heavy atom. The Bertz CT molecular complexity index is 513. The zero-order chi connectivity index (χ0) is 11.8. The third-order valence-electron chi connectivity index (χ3n) is 2.94. The normalized spacial score (nSPS) is 21.8. The summed E-state index contributed by atoms with van der Waals surface area (Å²) >= 11 is 1.30. The highest BCUT2D eigenvalue weighted by molar-refractivity contribution is 8.14. The third kappa shape index (κ3) is 1.80. The van der Waals surface area contributed by atoms with Gasteiger partial charge in [-0.05, 0) is 12.5 Å². The Labute approximate surface area is 103 Å². The number of rotatable bonds is 2. The minimum atomic E-state index is -0.0826. The summed E-state index contributed by atoms with van der Waals surface area (Å²) in [6, 6.07) is 6.10. The molecule has 0 fully saturated rings. The number of hydrogen-bond acceptors (Lipinski definition) is 4. The fourth-order valence-corrected chi connectivity index (χ4v) is 2.78. The first-order valence-electron chi connectivity index (χ1n) is 5.58. The van der Waals surface area contributed by atoms with Crippen molar-refractivity contribution in [2.24, 2.45) is 5.10 Å². The number of benzene rings is 1. The molecule has 3 rings (SSSR count). The molecule has 1 N–H and O–H groups in total. The maximum absolute atomic E-state index is 11.3. The minimum absolute atomic E-state index is 0.0826. The van der Waals surface area contributed by atoms with Gasteiger partial charge in [-0.3, -0.25) is 4.79 Å². The fourth-order valence-electron chi connectivity index (χ4n) is 1.96. The molecule has 1 aromatic rings. The molecule has 2 heterocycles. The predicted octanol–water partition coefficient (Wildman–Crippen LogP) is 2.52. The van der Waals surface area contributed by atoms with Crippen LogP contribution in [0, 0.1) is 0 Å². The topological polar surface area (TPSA) is 50.7 Å². The second-order valence-corrected chi connectivity index (χ2v) is 5.20. The van der Waals surface area contributed by atoms with Crippen molar-refractivity contribution >= 4 is 22.7 Å². The number of amides is 1. The van der Waals surface area contributed by atoms with E-state index in [0.29, 0.717) is 6.61 Å². The summed E-state index contributed by atoms with van der Waals surface area (Å²) in [7, 11) is 0. The molecule has 1 aromatic carbocycles. The molecule has 0 aliphatic carbocycles. The van der Waals surface area contributed by atoms with Crippen molar-refractivity contribution in [2.45, 2.75) is 25.2 Å². The molecule has 1 amide bonds. The Balaban J connectivity index is 1.96. The Morgan fingerprint density at radius 1 is 1.59 bits per heavy atom. The van der Waals surface area contributed by atoms with Crippen molar-refractivity contribution in [3.63, 3.8) is 0 Å². The van der Waals surface area contributed by atoms with Gasteiger partial charge in [-0.15, -0.1) is 0 Å². The molecule has 0 spiro atoms. The summed E-state index contributed by atoms with van der Waals surface area (Å²) in [5.74, 6) is 0.932. The lowest BCUT2D eigenvalue weighted by Crippen LogP contribution is -2.31. The molecule has 5 heteroatoms. The molecule has 2 aliphatic heterocycles. The fraction of sp³-hybridized carbons (Fsp3) is 0.333. The van der Waals surface area contributed by atoms with E-state index in [0.717, 1.165) is 23.4 Å². The van der Waals surface area contributed by atoms with Crippen LogP contribution in [0.25, 0.3) is 0 Å². The Kier molecular flexibility index (Phi) is 2.55. The highest BCUT2D eigenvalue weighted by Crippen LogP contribution is 2.32. The van der Waals surface area contributed by atoms with Crippen LogP contribution in [0.1, 0.15) is 24.5 Å². The van der Waals surface area contributed by atoms with E-state index >= 15 is 0 Å². The van der Waals surface area contributed by atoms with Gasteiger partial charge in [0, 0.05) is 11.1 Å². The SMILES string of the molecule is CCC1SC(=O)NN=C1c1ccc2c(c1)OC2. The average Bonchev–Trinajstić information content (AvgIpc) is 2.31. The number of nitrogens with one attached hydrogen (secondary N) is 1. The largest absolute Gasteiger partial charge is 0.488 e. The molecule has 0 bridgehead atoms. The lowest BCUT2D eigenvalue weighted by atomic mass is 10.0. The van der Waals surface area contributed by atoms with E-state index in [4.69, 9.17) is 4.74 Å². The van der Waals surface area contributed by atoms with Crippen molar-refractivity contribution in [2.75, 3.05) is 0 Å². The van der Waals surface area contributed by atoms with E-state index in [1.165, 1.54) is 17.3 Å². The van der Waals surface area contributed by atoms with Gasteiger partial charge in [0.2, 0.25) is 0 Å². The molecule has 17 heavy (non-hydrogen) atoms. The van der Waals surface area contributed by atoms with Crippen LogP contribution >= 0.6 is 11.8 Å². The molecule has 4 nitrogen and oxygen atoms in total. The molecular weight excluding hydrogens is 236 g/mol. The molecular formula is C12H12N2O2S. The van der Waals surface area contributed by atoms with Gasteiger partial charge in [0.15, 0.2) is 0 Å². The monoisotopic (exact) mass is 248 g/mol. The van der Waals surface area contributed by atoms with Crippen molar-refractivity contribution in [3.05, 3.63) is 29.3 Å². The number of ether oxygens (including phenoxy) is 1. The van der Waals surface area contributed by atoms with Gasteiger partial charge >= 0.3 is 0 Å². The van der Waals surface area contributed by atoms with E-state index in [-0.39, 0.29) is 10.5 Å². The van der Waals surface area contributed by atoms with Crippen LogP contribution in [-0.2, 0) is 6.61 Å². The van der Waals surface area contributed by atoms with E-state index in [9.17, 15) is 4.79 Å². The van der Waals surface area contributed by atoms with E-state index in [1.807, 2.05) is 12.1 Å². The van der Waals surface area contributed by atoms with Gasteiger partial charge in [0.05, 0.1) is 11.0 Å². The summed E-state index contributed by atoms with van der Waals surface area (Å²) in [4.78, 5) is 11.3. The molecule has 0 saturated carbocycles. The summed E-state index contributed by atoms with van der Waals surface area (Å²) in [6.07, 6.45) is 0.884. The molecule has 1 unspecified atom stereocenters. The molecule has 88 valence electrons. The standard InChI is InChI=1S/C12H12N2O2S/c1-2-10-11(13-14-12(15)17-10)7-3-4-8-6-16-9(8)5-7/h3-5,10H,2,6H2,1H3,(H,14,15). The Hall–Kier alpha value is -1.49. The van der Waals surface area contributed by atoms with Crippen molar-refractivity contribution in [3.8, 4) is 5.75 Å². The second kappa shape index (κ2) is 4.07. The molecule has 1 atom stereocenters. The van der Waals surface area contributed by atoms with E-state index in [2.05, 4.69) is 23.5 Å². The lowest BCUT2D eigenvalue weighted by Gasteiger charge is -2.24. The van der Waals surface area contributed by atoms with Crippen LogP contribution in [0.4, 0.5) is 4.79 Å². The zero-order valence-corrected chi connectivity index (χ0v) is 10.2. The van der Waals surface area contributed by atoms with E-state index in [1.54, 1.807) is 0 Å². The maximum Gasteiger partial charge on any atom is 0.299 e. The van der Waals surface area contributed by atoms with Gasteiger partial charge in [-0.2, -0.15) is 5.10 Å². The van der Waals surface area contributed by atoms with Gasteiger partial charge in [-0.1, -0.05) is 30.8 Å². The van der Waals surface area contributed by atoms with Gasteiger partial charge < -0.3 is 4.74 Å². The van der Waals surface area contributed by atoms with Crippen LogP contribution in [0.2, 0.25) is 0 Å². The number of carbonyl (C=O) groups excluding carboxylic acids is 1. The smallest absolute Gasteiger partial charge is 0.299 e. The summed E-state index contributed by atoms with van der Waals surface area (Å²) in [5.41, 5.74) is 5.71. The van der Waals surface area contributed by atoms with Crippen molar-refractivity contribution in [1.82, 2.24) is 5.43 Å².